The number of carbonyl (C=O) groups is 1. The average molecular weight is 472 g/mol. The van der Waals surface area contributed by atoms with Crippen molar-refractivity contribution in [3.8, 4) is 5.69 Å². The summed E-state index contributed by atoms with van der Waals surface area (Å²) in [5, 5.41) is 0. The van der Waals surface area contributed by atoms with Crippen LogP contribution < -0.4 is 4.57 Å². The number of aromatic nitrogens is 1. The molecule has 3 nitrogen and oxygen atoms in total. The van der Waals surface area contributed by atoms with Crippen molar-refractivity contribution in [3.05, 3.63) is 44.8 Å². The Kier molecular flexibility index (Phi) is 5.98. The molecule has 0 atom stereocenters. The maximum atomic E-state index is 11.7. The minimum atomic E-state index is -10.7. The van der Waals surface area contributed by atoms with Crippen LogP contribution in [0.3, 0.4) is 0 Å². The molecular formula is C13H13BrF6NO2PS. The molecule has 0 fully saturated rings. The van der Waals surface area contributed by atoms with Crippen molar-refractivity contribution in [3.63, 3.8) is 0 Å². The van der Waals surface area contributed by atoms with Crippen molar-refractivity contribution >= 4 is 41.0 Å². The van der Waals surface area contributed by atoms with Gasteiger partial charge in [-0.15, -0.1) is 0 Å². The van der Waals surface area contributed by atoms with Gasteiger partial charge in [-0.25, -0.2) is 4.79 Å². The van der Waals surface area contributed by atoms with Crippen LogP contribution in [0.5, 0.6) is 0 Å². The fraction of sp³-hybridized carbons (Fsp3) is 0.231. The van der Waals surface area contributed by atoms with Crippen LogP contribution >= 0.6 is 35.1 Å². The first-order valence-corrected chi connectivity index (χ1v) is 10.3. The fourth-order valence-corrected chi connectivity index (χ4v) is 2.81. The molecule has 1 aromatic heterocycles. The Morgan fingerprint density at radius 3 is 2.08 bits per heavy atom. The number of halogens is 7. The van der Waals surface area contributed by atoms with E-state index in [4.69, 9.17) is 4.74 Å². The van der Waals surface area contributed by atoms with Crippen molar-refractivity contribution in [2.75, 3.05) is 6.61 Å². The third-order valence-corrected chi connectivity index (χ3v) is 4.07. The van der Waals surface area contributed by atoms with Crippen LogP contribution in [0, 0.1) is 6.92 Å². The van der Waals surface area contributed by atoms with Crippen LogP contribution in [0.4, 0.5) is 25.2 Å². The summed E-state index contributed by atoms with van der Waals surface area (Å²) >= 11 is 4.80. The number of rotatable bonds is 3. The van der Waals surface area contributed by atoms with E-state index in [1.807, 2.05) is 48.2 Å². The van der Waals surface area contributed by atoms with Crippen LogP contribution in [0.1, 0.15) is 22.3 Å². The molecule has 0 bridgehead atoms. The molecule has 2 rings (SSSR count). The first kappa shape index (κ1) is 21.9. The van der Waals surface area contributed by atoms with Gasteiger partial charge in [-0.2, -0.15) is 4.57 Å². The SMILES string of the molecule is CCOC(=O)c1sc[n+](-c2ccc(Br)cc2)c1C.F[P-](F)(F)(F)(F)F. The Morgan fingerprint density at radius 2 is 1.64 bits per heavy atom. The zero-order valence-corrected chi connectivity index (χ0v) is 16.2. The van der Waals surface area contributed by atoms with E-state index >= 15 is 0 Å². The van der Waals surface area contributed by atoms with Gasteiger partial charge >= 0.3 is 39.0 Å². The van der Waals surface area contributed by atoms with E-state index in [9.17, 15) is 30.0 Å². The van der Waals surface area contributed by atoms with Crippen LogP contribution in [0.25, 0.3) is 5.69 Å². The molecule has 0 N–H and O–H groups in total. The summed E-state index contributed by atoms with van der Waals surface area (Å²) in [6.07, 6.45) is 0. The van der Waals surface area contributed by atoms with Crippen LogP contribution in [-0.4, -0.2) is 12.6 Å². The molecule has 0 spiro atoms. The number of ether oxygens (including phenoxy) is 1. The maximum absolute atomic E-state index is 11.7. The predicted molar refractivity (Wildman–Crippen MR) is 87.8 cm³/mol. The topological polar surface area (TPSA) is 30.2 Å². The molecule has 0 amide bonds. The number of hydrogen-bond acceptors (Lipinski definition) is 3. The molecule has 0 unspecified atom stereocenters. The summed E-state index contributed by atoms with van der Waals surface area (Å²) in [6.45, 7) is 4.13. The first-order chi connectivity index (χ1) is 11.1. The number of carbonyl (C=O) groups excluding carboxylic acids is 1. The summed E-state index contributed by atoms with van der Waals surface area (Å²) in [7, 11) is -10.7. The monoisotopic (exact) mass is 471 g/mol. The van der Waals surface area contributed by atoms with Crippen molar-refractivity contribution in [1.29, 1.82) is 0 Å². The van der Waals surface area contributed by atoms with Crippen LogP contribution in [0.15, 0.2) is 34.2 Å². The van der Waals surface area contributed by atoms with Crippen LogP contribution in [-0.2, 0) is 4.74 Å². The number of benzene rings is 1. The molecule has 0 aliphatic carbocycles. The van der Waals surface area contributed by atoms with E-state index in [-0.39, 0.29) is 5.97 Å². The van der Waals surface area contributed by atoms with E-state index in [0.717, 1.165) is 15.9 Å². The molecule has 25 heavy (non-hydrogen) atoms. The summed E-state index contributed by atoms with van der Waals surface area (Å²) in [5.74, 6) is -0.254. The van der Waals surface area contributed by atoms with Gasteiger partial charge in [0.1, 0.15) is 0 Å². The zero-order chi connectivity index (χ0) is 19.5. The Morgan fingerprint density at radius 1 is 1.16 bits per heavy atom. The molecule has 1 aromatic carbocycles. The molecule has 12 heteroatoms. The average Bonchev–Trinajstić information content (AvgIpc) is 2.78. The summed E-state index contributed by atoms with van der Waals surface area (Å²) < 4.78 is 67.2. The summed E-state index contributed by atoms with van der Waals surface area (Å²) in [6, 6.07) is 7.95. The summed E-state index contributed by atoms with van der Waals surface area (Å²) in [4.78, 5) is 12.4. The molecule has 0 aliphatic rings. The van der Waals surface area contributed by atoms with E-state index in [1.54, 1.807) is 0 Å². The molecule has 0 saturated carbocycles. The fourth-order valence-electron chi connectivity index (χ4n) is 1.63. The van der Waals surface area contributed by atoms with Gasteiger partial charge in [0.15, 0.2) is 4.88 Å². The minimum absolute atomic E-state index is 0.254. The molecule has 0 saturated heterocycles. The molecule has 0 aliphatic heterocycles. The number of hydrogen-bond donors (Lipinski definition) is 0. The zero-order valence-electron chi connectivity index (χ0n) is 12.9. The van der Waals surface area contributed by atoms with Gasteiger partial charge < -0.3 is 4.74 Å². The van der Waals surface area contributed by atoms with Gasteiger partial charge in [0.25, 0.3) is 0 Å². The predicted octanol–water partition coefficient (Wildman–Crippen LogP) is 6.65. The molecule has 2 aromatic rings. The van der Waals surface area contributed by atoms with Gasteiger partial charge in [0, 0.05) is 23.5 Å². The molecule has 142 valence electrons. The number of thiazole rings is 1. The number of esters is 1. The van der Waals surface area contributed by atoms with Gasteiger partial charge in [0.05, 0.1) is 6.61 Å². The number of nitrogens with zero attached hydrogens (tertiary/aromatic N) is 1. The molecule has 0 radical (unpaired) electrons. The van der Waals surface area contributed by atoms with Crippen molar-refractivity contribution < 1.29 is 39.3 Å². The van der Waals surface area contributed by atoms with Crippen molar-refractivity contribution in [1.82, 2.24) is 0 Å². The standard InChI is InChI=1S/C13H13BrNO2S.F6P/c1-3-17-13(16)12-9(2)15(8-18-12)11-6-4-10(14)5-7-11;1-7(2,3,4,5)6/h4-8H,3H2,1-2H3;/q+1;-1. The second kappa shape index (κ2) is 6.85. The normalized spacial score (nSPS) is 14.0. The van der Waals surface area contributed by atoms with Crippen molar-refractivity contribution in [2.45, 2.75) is 13.8 Å². The first-order valence-electron chi connectivity index (χ1n) is 6.57. The quantitative estimate of drug-likeness (QED) is 0.217. The van der Waals surface area contributed by atoms with Gasteiger partial charge in [-0.1, -0.05) is 27.3 Å². The summed E-state index contributed by atoms with van der Waals surface area (Å²) in [5.41, 5.74) is 3.86. The molecular weight excluding hydrogens is 459 g/mol. The third-order valence-electron chi connectivity index (χ3n) is 2.53. The van der Waals surface area contributed by atoms with Gasteiger partial charge in [-0.05, 0) is 19.1 Å². The second-order valence-electron chi connectivity index (χ2n) is 4.66. The Balaban J connectivity index is 0.000000381. The van der Waals surface area contributed by atoms with E-state index in [0.29, 0.717) is 11.5 Å². The Bertz CT molecular complexity index is 750. The van der Waals surface area contributed by atoms with E-state index in [2.05, 4.69) is 15.9 Å². The second-order valence-corrected chi connectivity index (χ2v) is 8.35. The Labute approximate surface area is 151 Å². The van der Waals surface area contributed by atoms with E-state index in [1.165, 1.54) is 11.3 Å². The Hall–Kier alpha value is -1.19. The van der Waals surface area contributed by atoms with Crippen LogP contribution in [0.2, 0.25) is 0 Å². The third kappa shape index (κ3) is 9.18. The van der Waals surface area contributed by atoms with Crippen molar-refractivity contribution in [2.24, 2.45) is 0 Å². The van der Waals surface area contributed by atoms with Gasteiger partial charge in [-0.3, -0.25) is 0 Å². The van der Waals surface area contributed by atoms with E-state index < -0.39 is 7.81 Å². The van der Waals surface area contributed by atoms with Gasteiger partial charge in [0.2, 0.25) is 16.9 Å². The molecule has 1 heterocycles.